The minimum atomic E-state index is -0.601. The van der Waals surface area contributed by atoms with Gasteiger partial charge in [0.2, 0.25) is 0 Å². The Labute approximate surface area is 124 Å². The zero-order chi connectivity index (χ0) is 15.5. The number of methoxy groups -OCH3 is 2. The van der Waals surface area contributed by atoms with Crippen LogP contribution in [0.3, 0.4) is 0 Å². The minimum absolute atomic E-state index is 0.0754. The predicted molar refractivity (Wildman–Crippen MR) is 78.1 cm³/mol. The zero-order valence-corrected chi connectivity index (χ0v) is 12.6. The Bertz CT molecular complexity index is 524. The average molecular weight is 295 g/mol. The van der Waals surface area contributed by atoms with Gasteiger partial charge >= 0.3 is 5.97 Å². The molecule has 0 aliphatic heterocycles. The molecule has 1 aromatic rings. The fraction of sp³-hybridized carbons (Fsp3) is 0.562. The Kier molecular flexibility index (Phi) is 4.83. The lowest BCUT2D eigenvalue weighted by Gasteiger charge is -2.37. The molecule has 0 unspecified atom stereocenters. The third-order valence-corrected chi connectivity index (χ3v) is 4.47. The number of carbonyl (C=O) groups is 1. The lowest BCUT2D eigenvalue weighted by Crippen LogP contribution is -2.37. The first-order valence-electron chi connectivity index (χ1n) is 7.24. The average Bonchev–Trinajstić information content (AvgIpc) is 2.53. The van der Waals surface area contributed by atoms with Crippen LogP contribution in [0.4, 0.5) is 4.39 Å². The van der Waals surface area contributed by atoms with E-state index in [0.29, 0.717) is 6.54 Å². The molecule has 116 valence electrons. The number of hydrogen-bond donors (Lipinski definition) is 1. The van der Waals surface area contributed by atoms with Crippen molar-refractivity contribution >= 4 is 5.97 Å². The highest BCUT2D eigenvalue weighted by molar-refractivity contribution is 5.92. The molecule has 0 bridgehead atoms. The predicted octanol–water partition coefficient (Wildman–Crippen LogP) is 2.78. The van der Waals surface area contributed by atoms with Crippen LogP contribution in [-0.4, -0.2) is 26.7 Å². The SMILES string of the molecule is COC(=O)c1cc(C2(CN)CCCCC2)cc(F)c1OC. The maximum atomic E-state index is 14.3. The molecular weight excluding hydrogens is 273 g/mol. The molecule has 1 aliphatic carbocycles. The van der Waals surface area contributed by atoms with Crippen LogP contribution in [0, 0.1) is 5.82 Å². The Morgan fingerprint density at radius 3 is 2.48 bits per heavy atom. The molecule has 0 saturated heterocycles. The van der Waals surface area contributed by atoms with E-state index in [9.17, 15) is 9.18 Å². The van der Waals surface area contributed by atoms with Gasteiger partial charge in [0.1, 0.15) is 5.56 Å². The van der Waals surface area contributed by atoms with Gasteiger partial charge in [-0.25, -0.2) is 9.18 Å². The number of benzene rings is 1. The summed E-state index contributed by atoms with van der Waals surface area (Å²) in [5.41, 5.74) is 6.61. The molecule has 1 saturated carbocycles. The van der Waals surface area contributed by atoms with Crippen LogP contribution in [0.25, 0.3) is 0 Å². The van der Waals surface area contributed by atoms with Crippen molar-refractivity contribution in [3.63, 3.8) is 0 Å². The normalized spacial score (nSPS) is 17.3. The number of hydrogen-bond acceptors (Lipinski definition) is 4. The van der Waals surface area contributed by atoms with Crippen LogP contribution in [0.2, 0.25) is 0 Å². The number of nitrogens with two attached hydrogens (primary N) is 1. The number of esters is 1. The summed E-state index contributed by atoms with van der Waals surface area (Å²) < 4.78 is 24.0. The van der Waals surface area contributed by atoms with Gasteiger partial charge in [-0.15, -0.1) is 0 Å². The quantitative estimate of drug-likeness (QED) is 0.868. The molecule has 0 radical (unpaired) electrons. The molecule has 0 amide bonds. The topological polar surface area (TPSA) is 61.5 Å². The maximum absolute atomic E-state index is 14.3. The third kappa shape index (κ3) is 2.88. The molecule has 0 spiro atoms. The van der Waals surface area contributed by atoms with Crippen LogP contribution in [0.5, 0.6) is 5.75 Å². The summed E-state index contributed by atoms with van der Waals surface area (Å²) in [5, 5.41) is 0. The smallest absolute Gasteiger partial charge is 0.341 e. The summed E-state index contributed by atoms with van der Waals surface area (Å²) in [6.07, 6.45) is 5.13. The molecule has 21 heavy (non-hydrogen) atoms. The number of carbonyl (C=O) groups excluding carboxylic acids is 1. The zero-order valence-electron chi connectivity index (χ0n) is 12.6. The molecule has 0 heterocycles. The van der Waals surface area contributed by atoms with Crippen molar-refractivity contribution < 1.29 is 18.7 Å². The van der Waals surface area contributed by atoms with Gasteiger partial charge in [-0.1, -0.05) is 19.3 Å². The van der Waals surface area contributed by atoms with Crippen LogP contribution in [0.1, 0.15) is 48.0 Å². The van der Waals surface area contributed by atoms with Crippen molar-refractivity contribution in [1.29, 1.82) is 0 Å². The summed E-state index contributed by atoms with van der Waals surface area (Å²) in [7, 11) is 2.61. The number of halogens is 1. The fourth-order valence-corrected chi connectivity index (χ4v) is 3.21. The molecule has 0 atom stereocenters. The highest BCUT2D eigenvalue weighted by Gasteiger charge is 2.34. The highest BCUT2D eigenvalue weighted by Crippen LogP contribution is 2.40. The molecule has 4 nitrogen and oxygen atoms in total. The van der Waals surface area contributed by atoms with Crippen molar-refractivity contribution in [2.75, 3.05) is 20.8 Å². The lowest BCUT2D eigenvalue weighted by molar-refractivity contribution is 0.0595. The van der Waals surface area contributed by atoms with Crippen molar-refractivity contribution in [2.24, 2.45) is 5.73 Å². The largest absolute Gasteiger partial charge is 0.493 e. The van der Waals surface area contributed by atoms with Gasteiger partial charge in [-0.05, 0) is 30.5 Å². The van der Waals surface area contributed by atoms with Crippen LogP contribution in [0.15, 0.2) is 12.1 Å². The molecule has 1 aliphatic rings. The second-order valence-electron chi connectivity index (χ2n) is 5.58. The summed E-state index contributed by atoms with van der Waals surface area (Å²) in [6.45, 7) is 0.444. The van der Waals surface area contributed by atoms with Gasteiger partial charge < -0.3 is 15.2 Å². The van der Waals surface area contributed by atoms with E-state index in [4.69, 9.17) is 15.2 Å². The molecule has 1 fully saturated rings. The maximum Gasteiger partial charge on any atom is 0.341 e. The Morgan fingerprint density at radius 2 is 1.95 bits per heavy atom. The Morgan fingerprint density at radius 1 is 1.29 bits per heavy atom. The number of rotatable bonds is 4. The molecule has 5 heteroatoms. The summed E-state index contributed by atoms with van der Waals surface area (Å²) >= 11 is 0. The third-order valence-electron chi connectivity index (χ3n) is 4.47. The minimum Gasteiger partial charge on any atom is -0.493 e. The van der Waals surface area contributed by atoms with Crippen molar-refractivity contribution in [1.82, 2.24) is 0 Å². The molecule has 0 aromatic heterocycles. The molecule has 2 N–H and O–H groups in total. The van der Waals surface area contributed by atoms with E-state index in [0.717, 1.165) is 31.2 Å². The summed E-state index contributed by atoms with van der Waals surface area (Å²) in [4.78, 5) is 11.9. The summed E-state index contributed by atoms with van der Waals surface area (Å²) in [5.74, 6) is -1.22. The Hall–Kier alpha value is -1.62. The second-order valence-corrected chi connectivity index (χ2v) is 5.58. The van der Waals surface area contributed by atoms with Gasteiger partial charge in [-0.2, -0.15) is 0 Å². The first-order valence-corrected chi connectivity index (χ1v) is 7.24. The van der Waals surface area contributed by atoms with E-state index < -0.39 is 11.8 Å². The first kappa shape index (κ1) is 15.8. The van der Waals surface area contributed by atoms with Crippen LogP contribution < -0.4 is 10.5 Å². The van der Waals surface area contributed by atoms with Crippen LogP contribution >= 0.6 is 0 Å². The van der Waals surface area contributed by atoms with E-state index in [1.807, 2.05) is 0 Å². The van der Waals surface area contributed by atoms with E-state index in [-0.39, 0.29) is 16.7 Å². The van der Waals surface area contributed by atoms with Crippen molar-refractivity contribution in [3.05, 3.63) is 29.1 Å². The molecule has 2 rings (SSSR count). The number of ether oxygens (including phenoxy) is 2. The first-order chi connectivity index (χ1) is 10.1. The van der Waals surface area contributed by atoms with Gasteiger partial charge in [0.05, 0.1) is 14.2 Å². The molecular formula is C16H22FNO3. The van der Waals surface area contributed by atoms with E-state index >= 15 is 0 Å². The Balaban J connectivity index is 2.54. The van der Waals surface area contributed by atoms with Crippen molar-refractivity contribution in [3.8, 4) is 5.75 Å². The van der Waals surface area contributed by atoms with Gasteiger partial charge in [0.15, 0.2) is 11.6 Å². The highest BCUT2D eigenvalue weighted by atomic mass is 19.1. The van der Waals surface area contributed by atoms with Gasteiger partial charge in [0, 0.05) is 12.0 Å². The van der Waals surface area contributed by atoms with E-state index in [1.165, 1.54) is 26.7 Å². The molecule has 1 aromatic carbocycles. The summed E-state index contributed by atoms with van der Waals surface area (Å²) in [6, 6.07) is 3.12. The standard InChI is InChI=1S/C16H22FNO3/c1-20-14-12(15(19)21-2)8-11(9-13(14)17)16(10-18)6-4-3-5-7-16/h8-9H,3-7,10,18H2,1-2H3. The van der Waals surface area contributed by atoms with E-state index in [1.54, 1.807) is 6.07 Å². The van der Waals surface area contributed by atoms with E-state index in [2.05, 4.69) is 0 Å². The van der Waals surface area contributed by atoms with Gasteiger partial charge in [-0.3, -0.25) is 0 Å². The van der Waals surface area contributed by atoms with Crippen LogP contribution in [-0.2, 0) is 10.2 Å². The fourth-order valence-electron chi connectivity index (χ4n) is 3.21. The monoisotopic (exact) mass is 295 g/mol. The second kappa shape index (κ2) is 6.43. The van der Waals surface area contributed by atoms with Crippen molar-refractivity contribution in [2.45, 2.75) is 37.5 Å². The lowest BCUT2D eigenvalue weighted by atomic mass is 9.69. The van der Waals surface area contributed by atoms with Gasteiger partial charge in [0.25, 0.3) is 0 Å².